The standard InChI is InChI=1S/C24H36FN7O/c1-17-12-14-32(15-13-17)31(2)24-29-22(26-18-8-6-4-5-7-9-18)28-23(30-24)27-19-10-11-21(33-3)20(25)16-19/h10-11,16-18H,4-9,12-15H2,1-3H3,(H2,26,27,28,29,30). The topological polar surface area (TPSA) is 78.4 Å². The van der Waals surface area contributed by atoms with E-state index in [4.69, 9.17) is 9.72 Å². The number of hydrogen-bond acceptors (Lipinski definition) is 8. The van der Waals surface area contributed by atoms with E-state index in [0.717, 1.165) is 44.7 Å². The van der Waals surface area contributed by atoms with Gasteiger partial charge in [-0.15, -0.1) is 0 Å². The van der Waals surface area contributed by atoms with E-state index in [1.54, 1.807) is 12.1 Å². The predicted octanol–water partition coefficient (Wildman–Crippen LogP) is 4.98. The SMILES string of the molecule is COc1ccc(Nc2nc(NC3CCCCCC3)nc(N(C)N3CCC(C)CC3)n2)cc1F. The Kier molecular flexibility index (Phi) is 7.80. The van der Waals surface area contributed by atoms with E-state index >= 15 is 0 Å². The van der Waals surface area contributed by atoms with Crippen molar-refractivity contribution in [3.05, 3.63) is 24.0 Å². The van der Waals surface area contributed by atoms with Gasteiger partial charge in [0.15, 0.2) is 11.6 Å². The first kappa shape index (κ1) is 23.5. The van der Waals surface area contributed by atoms with Crippen LogP contribution in [-0.4, -0.2) is 53.2 Å². The fourth-order valence-corrected chi connectivity index (χ4v) is 4.53. The van der Waals surface area contributed by atoms with Gasteiger partial charge in [-0.05, 0) is 43.7 Å². The Morgan fingerprint density at radius 3 is 2.36 bits per heavy atom. The van der Waals surface area contributed by atoms with Crippen LogP contribution < -0.4 is 20.4 Å². The number of nitrogens with zero attached hydrogens (tertiary/aromatic N) is 5. The summed E-state index contributed by atoms with van der Waals surface area (Å²) in [5.74, 6) is 2.02. The lowest BCUT2D eigenvalue weighted by molar-refractivity contribution is 0.182. The Labute approximate surface area is 195 Å². The van der Waals surface area contributed by atoms with Gasteiger partial charge in [-0.2, -0.15) is 15.0 Å². The summed E-state index contributed by atoms with van der Waals surface area (Å²) in [6.07, 6.45) is 9.55. The van der Waals surface area contributed by atoms with Gasteiger partial charge in [0.1, 0.15) is 0 Å². The first-order chi connectivity index (χ1) is 16.0. The smallest absolute Gasteiger partial charge is 0.246 e. The van der Waals surface area contributed by atoms with Crippen molar-refractivity contribution in [3.63, 3.8) is 0 Å². The summed E-state index contributed by atoms with van der Waals surface area (Å²) < 4.78 is 19.2. The summed E-state index contributed by atoms with van der Waals surface area (Å²) >= 11 is 0. The zero-order valence-electron chi connectivity index (χ0n) is 20.0. The van der Waals surface area contributed by atoms with E-state index in [2.05, 4.69) is 32.5 Å². The van der Waals surface area contributed by atoms with Crippen molar-refractivity contribution >= 4 is 23.5 Å². The number of methoxy groups -OCH3 is 1. The molecule has 2 heterocycles. The predicted molar refractivity (Wildman–Crippen MR) is 130 cm³/mol. The second-order valence-corrected chi connectivity index (χ2v) is 9.25. The summed E-state index contributed by atoms with van der Waals surface area (Å²) in [7, 11) is 3.45. The summed E-state index contributed by atoms with van der Waals surface area (Å²) in [6.45, 7) is 4.24. The Hall–Kier alpha value is -2.68. The van der Waals surface area contributed by atoms with Crippen molar-refractivity contribution < 1.29 is 9.13 Å². The molecule has 2 aliphatic rings. The molecule has 0 amide bonds. The quantitative estimate of drug-likeness (QED) is 0.564. The third kappa shape index (κ3) is 6.22. The van der Waals surface area contributed by atoms with E-state index < -0.39 is 5.82 Å². The highest BCUT2D eigenvalue weighted by molar-refractivity contribution is 5.57. The van der Waals surface area contributed by atoms with E-state index in [-0.39, 0.29) is 5.75 Å². The summed E-state index contributed by atoms with van der Waals surface area (Å²) in [4.78, 5) is 14.0. The average Bonchev–Trinajstić information content (AvgIpc) is 3.08. The molecule has 9 heteroatoms. The van der Waals surface area contributed by atoms with Gasteiger partial charge in [0.05, 0.1) is 7.11 Å². The van der Waals surface area contributed by atoms with Crippen LogP contribution in [0.25, 0.3) is 0 Å². The monoisotopic (exact) mass is 457 g/mol. The zero-order valence-corrected chi connectivity index (χ0v) is 20.0. The maximum atomic E-state index is 14.2. The zero-order chi connectivity index (χ0) is 23.2. The molecular formula is C24H36FN7O. The van der Waals surface area contributed by atoms with Gasteiger partial charge in [0.25, 0.3) is 0 Å². The lowest BCUT2D eigenvalue weighted by Gasteiger charge is -2.36. The molecule has 2 N–H and O–H groups in total. The van der Waals surface area contributed by atoms with Crippen LogP contribution in [0.3, 0.4) is 0 Å². The first-order valence-electron chi connectivity index (χ1n) is 12.1. The largest absolute Gasteiger partial charge is 0.494 e. The van der Waals surface area contributed by atoms with E-state index in [1.807, 2.05) is 12.1 Å². The van der Waals surface area contributed by atoms with Gasteiger partial charge in [-0.25, -0.2) is 9.40 Å². The van der Waals surface area contributed by atoms with E-state index in [1.165, 1.54) is 38.9 Å². The Balaban J connectivity index is 1.58. The number of anilines is 4. The van der Waals surface area contributed by atoms with Crippen LogP contribution in [0.2, 0.25) is 0 Å². The molecule has 1 aliphatic carbocycles. The van der Waals surface area contributed by atoms with Crippen LogP contribution in [0, 0.1) is 11.7 Å². The van der Waals surface area contributed by atoms with Crippen molar-refractivity contribution in [1.29, 1.82) is 0 Å². The number of ether oxygens (including phenoxy) is 1. The molecule has 0 bridgehead atoms. The lowest BCUT2D eigenvalue weighted by atomic mass is 10.0. The minimum absolute atomic E-state index is 0.201. The minimum atomic E-state index is -0.437. The molecule has 4 rings (SSSR count). The van der Waals surface area contributed by atoms with Crippen LogP contribution >= 0.6 is 0 Å². The minimum Gasteiger partial charge on any atom is -0.494 e. The molecule has 33 heavy (non-hydrogen) atoms. The Bertz CT molecular complexity index is 912. The van der Waals surface area contributed by atoms with Crippen LogP contribution in [0.1, 0.15) is 58.3 Å². The van der Waals surface area contributed by atoms with Gasteiger partial charge in [0.2, 0.25) is 17.8 Å². The number of benzene rings is 1. The molecule has 8 nitrogen and oxygen atoms in total. The number of halogens is 1. The number of nitrogens with one attached hydrogen (secondary N) is 2. The molecule has 1 saturated heterocycles. The molecular weight excluding hydrogens is 421 g/mol. The third-order valence-electron chi connectivity index (χ3n) is 6.69. The normalized spacial score (nSPS) is 18.5. The fraction of sp³-hybridized carbons (Fsp3) is 0.625. The van der Waals surface area contributed by atoms with E-state index in [9.17, 15) is 4.39 Å². The highest BCUT2D eigenvalue weighted by Gasteiger charge is 2.23. The van der Waals surface area contributed by atoms with Crippen molar-refractivity contribution in [3.8, 4) is 5.75 Å². The molecule has 1 aromatic carbocycles. The van der Waals surface area contributed by atoms with Gasteiger partial charge in [-0.3, -0.25) is 5.01 Å². The highest BCUT2D eigenvalue weighted by Crippen LogP contribution is 2.26. The number of hydrogen-bond donors (Lipinski definition) is 2. The van der Waals surface area contributed by atoms with Crippen LogP contribution in [0.15, 0.2) is 18.2 Å². The van der Waals surface area contributed by atoms with E-state index in [0.29, 0.717) is 29.6 Å². The molecule has 2 fully saturated rings. The Morgan fingerprint density at radius 2 is 1.70 bits per heavy atom. The number of rotatable bonds is 7. The van der Waals surface area contributed by atoms with Crippen molar-refractivity contribution in [2.75, 3.05) is 42.9 Å². The molecule has 0 atom stereocenters. The molecule has 0 spiro atoms. The molecule has 0 unspecified atom stereocenters. The molecule has 180 valence electrons. The van der Waals surface area contributed by atoms with Crippen LogP contribution in [-0.2, 0) is 0 Å². The second-order valence-electron chi connectivity index (χ2n) is 9.25. The third-order valence-corrected chi connectivity index (χ3v) is 6.69. The highest BCUT2D eigenvalue weighted by atomic mass is 19.1. The number of aromatic nitrogens is 3. The number of hydrazine groups is 1. The lowest BCUT2D eigenvalue weighted by Crippen LogP contribution is -2.45. The fourth-order valence-electron chi connectivity index (χ4n) is 4.53. The van der Waals surface area contributed by atoms with Gasteiger partial charge in [0, 0.05) is 37.9 Å². The summed E-state index contributed by atoms with van der Waals surface area (Å²) in [5.41, 5.74) is 0.556. The first-order valence-corrected chi connectivity index (χ1v) is 12.1. The van der Waals surface area contributed by atoms with Crippen molar-refractivity contribution in [2.24, 2.45) is 5.92 Å². The summed E-state index contributed by atoms with van der Waals surface area (Å²) in [6, 6.07) is 5.08. The van der Waals surface area contributed by atoms with Crippen LogP contribution in [0.4, 0.5) is 27.9 Å². The molecule has 1 saturated carbocycles. The van der Waals surface area contributed by atoms with Crippen molar-refractivity contribution in [1.82, 2.24) is 20.0 Å². The van der Waals surface area contributed by atoms with Crippen LogP contribution in [0.5, 0.6) is 5.75 Å². The molecule has 2 aromatic rings. The maximum Gasteiger partial charge on any atom is 0.246 e. The summed E-state index contributed by atoms with van der Waals surface area (Å²) in [5, 5.41) is 11.0. The Morgan fingerprint density at radius 1 is 1.00 bits per heavy atom. The average molecular weight is 458 g/mol. The van der Waals surface area contributed by atoms with Crippen molar-refractivity contribution in [2.45, 2.75) is 64.3 Å². The second kappa shape index (κ2) is 11.0. The van der Waals surface area contributed by atoms with Gasteiger partial charge >= 0.3 is 0 Å². The molecule has 1 aliphatic heterocycles. The maximum absolute atomic E-state index is 14.2. The van der Waals surface area contributed by atoms with Gasteiger partial charge in [-0.1, -0.05) is 32.6 Å². The number of piperidine rings is 1. The molecule has 0 radical (unpaired) electrons. The molecule has 1 aromatic heterocycles. The van der Waals surface area contributed by atoms with Gasteiger partial charge < -0.3 is 15.4 Å².